The fourth-order valence-corrected chi connectivity index (χ4v) is 1.04. The number of carbonyl (C=O) groups is 1. The van der Waals surface area contributed by atoms with Crippen molar-refractivity contribution in [2.75, 3.05) is 0 Å². The Morgan fingerprint density at radius 2 is 1.91 bits per heavy atom. The Morgan fingerprint density at radius 1 is 1.36 bits per heavy atom. The fourth-order valence-electron chi connectivity index (χ4n) is 0.595. The molecule has 0 atom stereocenters. The number of carbonyl (C=O) groups excluding carboxylic acids is 1. The Bertz CT molecular complexity index is 258. The van der Waals surface area contributed by atoms with Crippen LogP contribution in [-0.4, -0.2) is 5.43 Å². The lowest BCUT2D eigenvalue weighted by atomic mass is 10.3. The van der Waals surface area contributed by atoms with Gasteiger partial charge in [-0.05, 0) is 46.9 Å². The zero-order valence-corrected chi connectivity index (χ0v) is 8.30. The number of hydrogen-bond acceptors (Lipinski definition) is 2. The van der Waals surface area contributed by atoms with Gasteiger partial charge in [0.25, 0.3) is 0 Å². The molecule has 0 fully saturated rings. The van der Waals surface area contributed by atoms with Crippen molar-refractivity contribution < 1.29 is 9.53 Å². The summed E-state index contributed by atoms with van der Waals surface area (Å²) in [7, 11) is 0. The molecule has 58 valence electrons. The minimum Gasteiger partial charge on any atom is -0.415 e. The van der Waals surface area contributed by atoms with Crippen LogP contribution in [0.25, 0.3) is 0 Å². The van der Waals surface area contributed by atoms with Crippen LogP contribution in [0.3, 0.4) is 0 Å². The van der Waals surface area contributed by atoms with Crippen molar-refractivity contribution in [2.45, 2.75) is 0 Å². The van der Waals surface area contributed by atoms with Crippen LogP contribution in [-0.2, 0) is 0 Å². The Kier molecular flexibility index (Phi) is 3.14. The van der Waals surface area contributed by atoms with E-state index in [1.165, 1.54) is 0 Å². The maximum atomic E-state index is 10.2. The van der Waals surface area contributed by atoms with E-state index in [0.29, 0.717) is 5.75 Å². The van der Waals surface area contributed by atoms with Gasteiger partial charge in [-0.25, -0.2) is 4.79 Å². The standard InChI is InChI=1S/C7H4ClIO2/c8-7(10)11-6-3-1-5(9)2-4-6/h1-4H. The second-order valence-corrected chi connectivity index (χ2v) is 3.35. The normalized spacial score (nSPS) is 9.27. The molecule has 0 heterocycles. The van der Waals surface area contributed by atoms with Gasteiger partial charge in [0.1, 0.15) is 5.75 Å². The highest BCUT2D eigenvalue weighted by Crippen LogP contribution is 2.14. The summed E-state index contributed by atoms with van der Waals surface area (Å²) in [6.07, 6.45) is 0. The van der Waals surface area contributed by atoms with Crippen LogP contribution in [0.2, 0.25) is 0 Å². The summed E-state index contributed by atoms with van der Waals surface area (Å²) in [6.45, 7) is 0. The van der Waals surface area contributed by atoms with Crippen molar-refractivity contribution in [3.63, 3.8) is 0 Å². The summed E-state index contributed by atoms with van der Waals surface area (Å²) < 4.78 is 5.67. The lowest BCUT2D eigenvalue weighted by Crippen LogP contribution is -1.95. The van der Waals surface area contributed by atoms with Crippen molar-refractivity contribution in [1.29, 1.82) is 0 Å². The van der Waals surface area contributed by atoms with Crippen LogP contribution in [0.4, 0.5) is 4.79 Å². The summed E-state index contributed by atoms with van der Waals surface area (Å²) in [5.41, 5.74) is -0.814. The van der Waals surface area contributed by atoms with Crippen LogP contribution < -0.4 is 4.74 Å². The zero-order valence-electron chi connectivity index (χ0n) is 5.38. The fraction of sp³-hybridized carbons (Fsp3) is 0. The lowest BCUT2D eigenvalue weighted by Gasteiger charge is -1.97. The van der Waals surface area contributed by atoms with Gasteiger partial charge in [0.2, 0.25) is 0 Å². The molecule has 1 aromatic carbocycles. The van der Waals surface area contributed by atoms with E-state index in [2.05, 4.69) is 27.3 Å². The molecule has 0 spiro atoms. The molecule has 0 aliphatic carbocycles. The third-order valence-electron chi connectivity index (χ3n) is 1.01. The molecule has 0 bridgehead atoms. The molecule has 0 amide bonds. The smallest absolute Gasteiger partial charge is 0.409 e. The molecule has 0 saturated heterocycles. The van der Waals surface area contributed by atoms with Gasteiger partial charge in [-0.3, -0.25) is 0 Å². The van der Waals surface area contributed by atoms with E-state index in [1.807, 2.05) is 12.1 Å². The van der Waals surface area contributed by atoms with Crippen LogP contribution in [0.15, 0.2) is 24.3 Å². The van der Waals surface area contributed by atoms with Crippen molar-refractivity contribution in [3.05, 3.63) is 27.8 Å². The Labute approximate surface area is 82.6 Å². The van der Waals surface area contributed by atoms with Gasteiger partial charge in [-0.1, -0.05) is 0 Å². The maximum absolute atomic E-state index is 10.2. The minimum atomic E-state index is -0.814. The quantitative estimate of drug-likeness (QED) is 0.584. The van der Waals surface area contributed by atoms with Crippen LogP contribution in [0.1, 0.15) is 0 Å². The second kappa shape index (κ2) is 3.92. The third kappa shape index (κ3) is 3.07. The van der Waals surface area contributed by atoms with E-state index in [9.17, 15) is 4.79 Å². The number of benzene rings is 1. The molecule has 0 aromatic heterocycles. The van der Waals surface area contributed by atoms with Gasteiger partial charge in [0, 0.05) is 15.2 Å². The van der Waals surface area contributed by atoms with Crippen LogP contribution in [0, 0.1) is 3.57 Å². The molecule has 0 N–H and O–H groups in total. The summed E-state index contributed by atoms with van der Waals surface area (Å²) >= 11 is 7.15. The largest absolute Gasteiger partial charge is 0.415 e. The predicted octanol–water partition coefficient (Wildman–Crippen LogP) is 3.03. The number of ether oxygens (including phenoxy) is 1. The van der Waals surface area contributed by atoms with E-state index in [-0.39, 0.29) is 0 Å². The zero-order chi connectivity index (χ0) is 8.27. The average Bonchev–Trinajstić information content (AvgIpc) is 1.93. The first-order chi connectivity index (χ1) is 5.18. The first-order valence-electron chi connectivity index (χ1n) is 2.81. The van der Waals surface area contributed by atoms with Gasteiger partial charge in [-0.2, -0.15) is 0 Å². The van der Waals surface area contributed by atoms with E-state index in [4.69, 9.17) is 11.6 Å². The monoisotopic (exact) mass is 282 g/mol. The number of hydrogen-bond donors (Lipinski definition) is 0. The summed E-state index contributed by atoms with van der Waals surface area (Å²) in [5.74, 6) is 0.463. The molecule has 0 aliphatic rings. The highest BCUT2D eigenvalue weighted by atomic mass is 127. The molecule has 0 radical (unpaired) electrons. The molecule has 1 aromatic rings. The Hall–Kier alpha value is -0.290. The predicted molar refractivity (Wildman–Crippen MR) is 51.0 cm³/mol. The van der Waals surface area contributed by atoms with Crippen LogP contribution in [0.5, 0.6) is 5.75 Å². The Morgan fingerprint density at radius 3 is 2.36 bits per heavy atom. The first kappa shape index (κ1) is 8.80. The maximum Gasteiger partial charge on any atom is 0.409 e. The SMILES string of the molecule is O=C(Cl)Oc1ccc(I)cc1. The van der Waals surface area contributed by atoms with Crippen molar-refractivity contribution in [3.8, 4) is 5.75 Å². The van der Waals surface area contributed by atoms with Gasteiger partial charge in [0.15, 0.2) is 0 Å². The molecule has 0 saturated carbocycles. The van der Waals surface area contributed by atoms with Gasteiger partial charge >= 0.3 is 5.43 Å². The number of rotatable bonds is 1. The van der Waals surface area contributed by atoms with E-state index in [0.717, 1.165) is 3.57 Å². The highest BCUT2D eigenvalue weighted by Gasteiger charge is 1.97. The summed E-state index contributed by atoms with van der Waals surface area (Å²) in [4.78, 5) is 10.2. The molecule has 2 nitrogen and oxygen atoms in total. The molecule has 4 heteroatoms. The third-order valence-corrected chi connectivity index (χ3v) is 1.81. The first-order valence-corrected chi connectivity index (χ1v) is 4.27. The van der Waals surface area contributed by atoms with Gasteiger partial charge in [0.05, 0.1) is 0 Å². The molecule has 1 rings (SSSR count). The topological polar surface area (TPSA) is 26.3 Å². The molecule has 0 aliphatic heterocycles. The molecule has 0 unspecified atom stereocenters. The number of halogens is 2. The van der Waals surface area contributed by atoms with Crippen molar-refractivity contribution >= 4 is 39.6 Å². The molecular weight excluding hydrogens is 278 g/mol. The lowest BCUT2D eigenvalue weighted by molar-refractivity contribution is 0.225. The molecule has 11 heavy (non-hydrogen) atoms. The summed E-state index contributed by atoms with van der Waals surface area (Å²) in [5, 5.41) is 0. The average molecular weight is 282 g/mol. The highest BCUT2D eigenvalue weighted by molar-refractivity contribution is 14.1. The van der Waals surface area contributed by atoms with Gasteiger partial charge in [-0.15, -0.1) is 0 Å². The second-order valence-electron chi connectivity index (χ2n) is 1.79. The van der Waals surface area contributed by atoms with Crippen molar-refractivity contribution in [2.24, 2.45) is 0 Å². The van der Waals surface area contributed by atoms with Crippen LogP contribution >= 0.6 is 34.2 Å². The Balaban J connectivity index is 2.74. The van der Waals surface area contributed by atoms with E-state index >= 15 is 0 Å². The van der Waals surface area contributed by atoms with E-state index < -0.39 is 5.43 Å². The molecular formula is C7H4ClIO2. The van der Waals surface area contributed by atoms with Gasteiger partial charge < -0.3 is 4.74 Å². The van der Waals surface area contributed by atoms with Crippen molar-refractivity contribution in [1.82, 2.24) is 0 Å². The summed E-state index contributed by atoms with van der Waals surface area (Å²) in [6, 6.07) is 7.02. The minimum absolute atomic E-state index is 0.463. The van der Waals surface area contributed by atoms with E-state index in [1.54, 1.807) is 12.1 Å².